The second-order valence-corrected chi connectivity index (χ2v) is 11.7. The Labute approximate surface area is 291 Å². The first-order chi connectivity index (χ1) is 24.2. The zero-order chi connectivity index (χ0) is 39.0. The number of benzene rings is 2. The summed E-state index contributed by atoms with van der Waals surface area (Å²) in [5.74, 6) is -6.15. The van der Waals surface area contributed by atoms with E-state index in [-0.39, 0.29) is 23.2 Å². The van der Waals surface area contributed by atoms with E-state index >= 15 is 0 Å². The lowest BCUT2D eigenvalue weighted by Crippen LogP contribution is -2.54. The van der Waals surface area contributed by atoms with Crippen LogP contribution >= 0.6 is 0 Å². The lowest BCUT2D eigenvalue weighted by atomic mass is 9.64. The molecular weight excluding hydrogens is 716 g/mol. The number of anilines is 1. The molecule has 0 spiro atoms. The number of nitrogens with zero attached hydrogens (tertiary/aromatic N) is 3. The van der Waals surface area contributed by atoms with E-state index < -0.39 is 42.0 Å². The lowest BCUT2D eigenvalue weighted by molar-refractivity contribution is -0.193. The molecule has 19 heteroatoms. The standard InChI is InChI=1S/C29H32F2N4O3.2C2HF3O2/c1-37-25-8-5-20(14-26(25)38-2)29-10-9-22(35(28(32)36)21-6-7-23(30)24(31)15-21)16-27(29)34(13-11-29)18-19-4-3-12-33-17-19;2*3-2(4,5)1(6)7/h3-8,12,14-15,17,22,27H,9-11,13,16,18H2,1-2H3,(H2,32,36);2*(H,6,7)/t22?,27-,29?;;/m0../s1. The number of carboxylic acid groups (broad SMARTS) is 2. The molecule has 2 aliphatic rings. The van der Waals surface area contributed by atoms with E-state index in [4.69, 9.17) is 35.0 Å². The van der Waals surface area contributed by atoms with E-state index in [1.165, 1.54) is 11.0 Å². The van der Waals surface area contributed by atoms with Crippen LogP contribution in [0.4, 0.5) is 45.6 Å². The third-order valence-corrected chi connectivity index (χ3v) is 8.68. The fraction of sp³-hybridized carbons (Fsp3) is 0.394. The molecule has 1 aliphatic carbocycles. The third kappa shape index (κ3) is 9.98. The number of alkyl halides is 6. The summed E-state index contributed by atoms with van der Waals surface area (Å²) in [4.78, 5) is 38.6. The number of amides is 2. The molecule has 5 rings (SSSR count). The molecule has 3 aromatic rings. The zero-order valence-corrected chi connectivity index (χ0v) is 27.5. The Balaban J connectivity index is 0.000000441. The number of methoxy groups -OCH3 is 2. The average Bonchev–Trinajstić information content (AvgIpc) is 3.44. The van der Waals surface area contributed by atoms with Crippen molar-refractivity contribution in [3.8, 4) is 11.5 Å². The number of halogens is 8. The average molecular weight is 751 g/mol. The Morgan fingerprint density at radius 2 is 1.54 bits per heavy atom. The number of hydrogen-bond donors (Lipinski definition) is 3. The number of urea groups is 1. The van der Waals surface area contributed by atoms with Crippen molar-refractivity contribution >= 4 is 23.7 Å². The molecule has 0 radical (unpaired) electrons. The van der Waals surface area contributed by atoms with Crippen LogP contribution in [0.1, 0.15) is 36.8 Å². The highest BCUT2D eigenvalue weighted by atomic mass is 19.4. The number of aliphatic carboxylic acids is 2. The van der Waals surface area contributed by atoms with Gasteiger partial charge in [-0.3, -0.25) is 14.8 Å². The van der Waals surface area contributed by atoms with Gasteiger partial charge in [-0.1, -0.05) is 12.1 Å². The summed E-state index contributed by atoms with van der Waals surface area (Å²) in [7, 11) is 3.25. The largest absolute Gasteiger partial charge is 0.493 e. The van der Waals surface area contributed by atoms with Crippen molar-refractivity contribution in [2.75, 3.05) is 25.7 Å². The van der Waals surface area contributed by atoms with Crippen molar-refractivity contribution < 1.29 is 69.2 Å². The van der Waals surface area contributed by atoms with Gasteiger partial charge in [0.1, 0.15) is 0 Å². The highest BCUT2D eigenvalue weighted by Gasteiger charge is 2.53. The molecule has 284 valence electrons. The van der Waals surface area contributed by atoms with Crippen LogP contribution in [0.2, 0.25) is 0 Å². The van der Waals surface area contributed by atoms with Gasteiger partial charge in [-0.25, -0.2) is 23.2 Å². The molecule has 1 saturated heterocycles. The van der Waals surface area contributed by atoms with Gasteiger partial charge < -0.3 is 25.4 Å². The Hall–Kier alpha value is -5.20. The minimum absolute atomic E-state index is 0.0618. The molecule has 1 saturated carbocycles. The summed E-state index contributed by atoms with van der Waals surface area (Å²) in [5, 5.41) is 14.2. The Morgan fingerprint density at radius 3 is 2.04 bits per heavy atom. The van der Waals surface area contributed by atoms with Gasteiger partial charge in [0, 0.05) is 48.2 Å². The quantitative estimate of drug-likeness (QED) is 0.236. The summed E-state index contributed by atoms with van der Waals surface area (Å²) >= 11 is 0. The zero-order valence-electron chi connectivity index (χ0n) is 27.5. The highest BCUT2D eigenvalue weighted by molar-refractivity contribution is 5.91. The number of ether oxygens (including phenoxy) is 2. The van der Waals surface area contributed by atoms with E-state index in [2.05, 4.69) is 28.1 Å². The first-order valence-electron chi connectivity index (χ1n) is 15.2. The number of likely N-dealkylation sites (tertiary alicyclic amines) is 1. The van der Waals surface area contributed by atoms with E-state index in [0.29, 0.717) is 30.9 Å². The fourth-order valence-corrected chi connectivity index (χ4v) is 6.41. The van der Waals surface area contributed by atoms with Gasteiger partial charge in [0.25, 0.3) is 0 Å². The second kappa shape index (κ2) is 16.9. The normalized spacial score (nSPS) is 19.9. The molecule has 3 atom stereocenters. The predicted molar refractivity (Wildman–Crippen MR) is 168 cm³/mol. The van der Waals surface area contributed by atoms with E-state index in [9.17, 15) is 39.9 Å². The number of pyridine rings is 1. The summed E-state index contributed by atoms with van der Waals surface area (Å²) in [6.07, 6.45) is -3.54. The van der Waals surface area contributed by atoms with Gasteiger partial charge in [-0.15, -0.1) is 0 Å². The third-order valence-electron chi connectivity index (χ3n) is 8.68. The minimum Gasteiger partial charge on any atom is -0.493 e. The van der Waals surface area contributed by atoms with Crippen molar-refractivity contribution in [2.24, 2.45) is 5.73 Å². The molecule has 2 fully saturated rings. The summed E-state index contributed by atoms with van der Waals surface area (Å²) < 4.78 is 102. The molecule has 2 amide bonds. The van der Waals surface area contributed by atoms with Gasteiger partial charge >= 0.3 is 30.3 Å². The maximum Gasteiger partial charge on any atom is 0.490 e. The molecule has 4 N–H and O–H groups in total. The number of carboxylic acids is 2. The molecule has 0 bridgehead atoms. The van der Waals surface area contributed by atoms with Crippen LogP contribution in [0.3, 0.4) is 0 Å². The van der Waals surface area contributed by atoms with Crippen molar-refractivity contribution in [3.05, 3.63) is 83.7 Å². The predicted octanol–water partition coefficient (Wildman–Crippen LogP) is 6.29. The van der Waals surface area contributed by atoms with Crippen LogP contribution < -0.4 is 20.1 Å². The Kier molecular flexibility index (Phi) is 13.4. The molecular formula is C33H34F8N4O7. The molecule has 2 heterocycles. The van der Waals surface area contributed by atoms with Crippen molar-refractivity contribution in [3.63, 3.8) is 0 Å². The number of primary amides is 1. The SMILES string of the molecule is COc1ccc(C23CCC(N(C(N)=O)c4ccc(F)c(F)c4)C[C@@H]2N(Cc2cccnc2)CC3)cc1OC.O=C(O)C(F)(F)F.O=C(O)C(F)(F)F. The fourth-order valence-electron chi connectivity index (χ4n) is 6.41. The Bertz CT molecular complexity index is 1690. The van der Waals surface area contributed by atoms with E-state index in [0.717, 1.165) is 42.6 Å². The number of nitrogens with two attached hydrogens (primary N) is 1. The van der Waals surface area contributed by atoms with Gasteiger partial charge in [0.15, 0.2) is 23.1 Å². The topological polar surface area (TPSA) is 156 Å². The van der Waals surface area contributed by atoms with Gasteiger partial charge in [-0.2, -0.15) is 26.3 Å². The van der Waals surface area contributed by atoms with Crippen molar-refractivity contribution in [1.82, 2.24) is 9.88 Å². The van der Waals surface area contributed by atoms with Crippen molar-refractivity contribution in [1.29, 1.82) is 0 Å². The van der Waals surface area contributed by atoms with Gasteiger partial charge in [-0.05, 0) is 73.7 Å². The van der Waals surface area contributed by atoms with Crippen LogP contribution in [0.5, 0.6) is 11.5 Å². The summed E-state index contributed by atoms with van der Waals surface area (Å²) in [6.45, 7) is 1.57. The number of aromatic nitrogens is 1. The Morgan fingerprint density at radius 1 is 0.923 bits per heavy atom. The number of carbonyl (C=O) groups excluding carboxylic acids is 1. The van der Waals surface area contributed by atoms with Crippen LogP contribution in [0.25, 0.3) is 0 Å². The van der Waals surface area contributed by atoms with Crippen molar-refractivity contribution in [2.45, 2.75) is 62.1 Å². The number of fused-ring (bicyclic) bond motifs is 1. The summed E-state index contributed by atoms with van der Waals surface area (Å²) in [5.41, 5.74) is 8.15. The second-order valence-electron chi connectivity index (χ2n) is 11.7. The van der Waals surface area contributed by atoms with Crippen LogP contribution in [0, 0.1) is 11.6 Å². The minimum atomic E-state index is -5.08. The van der Waals surface area contributed by atoms with E-state index in [1.807, 2.05) is 18.3 Å². The monoisotopic (exact) mass is 750 g/mol. The van der Waals surface area contributed by atoms with E-state index in [1.54, 1.807) is 20.4 Å². The highest BCUT2D eigenvalue weighted by Crippen LogP contribution is 2.51. The molecule has 1 aromatic heterocycles. The maximum atomic E-state index is 14.1. The molecule has 11 nitrogen and oxygen atoms in total. The number of rotatable bonds is 7. The van der Waals surface area contributed by atoms with Crippen LogP contribution in [-0.2, 0) is 21.5 Å². The smallest absolute Gasteiger partial charge is 0.490 e. The van der Waals surface area contributed by atoms with Gasteiger partial charge in [0.2, 0.25) is 0 Å². The molecule has 52 heavy (non-hydrogen) atoms. The number of carbonyl (C=O) groups is 3. The lowest BCUT2D eigenvalue weighted by Gasteiger charge is -2.47. The maximum absolute atomic E-state index is 14.1. The van der Waals surface area contributed by atoms with Crippen LogP contribution in [-0.4, -0.2) is 83.3 Å². The number of hydrogen-bond acceptors (Lipinski definition) is 7. The van der Waals surface area contributed by atoms with Gasteiger partial charge in [0.05, 0.1) is 14.2 Å². The first-order valence-corrected chi connectivity index (χ1v) is 15.2. The van der Waals surface area contributed by atoms with Crippen LogP contribution in [0.15, 0.2) is 60.9 Å². The molecule has 2 unspecified atom stereocenters. The molecule has 2 aromatic carbocycles. The molecule has 1 aliphatic heterocycles. The summed E-state index contributed by atoms with van der Waals surface area (Å²) in [6, 6.07) is 12.7. The first kappa shape index (κ1) is 41.2.